The van der Waals surface area contributed by atoms with E-state index >= 15 is 0 Å². The molecular weight excluding hydrogens is 713 g/mol. The maximum absolute atomic E-state index is 13.9. The van der Waals surface area contributed by atoms with Gasteiger partial charge in [-0.15, -0.1) is 0 Å². The van der Waals surface area contributed by atoms with Crippen molar-refractivity contribution >= 4 is 58.1 Å². The van der Waals surface area contributed by atoms with Crippen molar-refractivity contribution in [1.82, 2.24) is 15.5 Å². The van der Waals surface area contributed by atoms with Crippen molar-refractivity contribution in [2.75, 3.05) is 22.9 Å². The van der Waals surface area contributed by atoms with E-state index in [-0.39, 0.29) is 29.9 Å². The number of halogens is 1. The first kappa shape index (κ1) is 39.5. The van der Waals surface area contributed by atoms with Crippen LogP contribution in [0.3, 0.4) is 0 Å². The van der Waals surface area contributed by atoms with Gasteiger partial charge in [0.05, 0.1) is 34.9 Å². The number of rotatable bonds is 14. The number of likely N-dealkylation sites (N-methyl/N-ethyl adjacent to an activating group) is 2. The maximum Gasteiger partial charge on any atom is 0.411 e. The smallest absolute Gasteiger partial charge is 0.411 e. The second kappa shape index (κ2) is 17.0. The SMILES string of the molecule is CN[C@H](C(=O)N[C@H](C(=O)N(C)[C@H](/C=C(\C)C(=O)O)C(C)C)C(C)(C)C)C(C)(C)c1cccc(NC(=O)OCc2ccc(NI)cc2)c1. The number of carboxylic acids is 1. The molecule has 11 nitrogen and oxygen atoms in total. The van der Waals surface area contributed by atoms with E-state index in [2.05, 4.69) is 19.5 Å². The molecule has 0 spiro atoms. The van der Waals surface area contributed by atoms with E-state index in [1.165, 1.54) is 11.8 Å². The first-order chi connectivity index (χ1) is 21.8. The molecular formula is C35H50IN5O6. The van der Waals surface area contributed by atoms with Gasteiger partial charge in [-0.2, -0.15) is 0 Å². The number of aliphatic carboxylic acids is 1. The largest absolute Gasteiger partial charge is 0.478 e. The Morgan fingerprint density at radius 1 is 0.979 bits per heavy atom. The van der Waals surface area contributed by atoms with Gasteiger partial charge < -0.3 is 28.9 Å². The molecule has 0 saturated heterocycles. The summed E-state index contributed by atoms with van der Waals surface area (Å²) >= 11 is 2.04. The molecule has 0 aromatic heterocycles. The van der Waals surface area contributed by atoms with Crippen LogP contribution in [-0.4, -0.2) is 66.1 Å². The van der Waals surface area contributed by atoms with Gasteiger partial charge in [-0.05, 0) is 60.7 Å². The summed E-state index contributed by atoms with van der Waals surface area (Å²) in [6.07, 6.45) is 0.965. The molecule has 2 aromatic carbocycles. The average Bonchev–Trinajstić information content (AvgIpc) is 3.00. The Kier molecular flexibility index (Phi) is 14.3. The Morgan fingerprint density at radius 3 is 2.11 bits per heavy atom. The minimum absolute atomic E-state index is 0.0682. The normalized spacial score (nSPS) is 14.1. The summed E-state index contributed by atoms with van der Waals surface area (Å²) in [6, 6.07) is 12.6. The predicted molar refractivity (Wildman–Crippen MR) is 194 cm³/mol. The number of benzene rings is 2. The molecule has 0 aliphatic heterocycles. The molecule has 3 atom stereocenters. The van der Waals surface area contributed by atoms with Gasteiger partial charge in [-0.3, -0.25) is 14.9 Å². The van der Waals surface area contributed by atoms with Crippen LogP contribution in [0.1, 0.15) is 66.5 Å². The summed E-state index contributed by atoms with van der Waals surface area (Å²) in [5, 5.41) is 18.3. The van der Waals surface area contributed by atoms with Crippen molar-refractivity contribution < 1.29 is 29.0 Å². The average molecular weight is 764 g/mol. The Bertz CT molecular complexity index is 1430. The van der Waals surface area contributed by atoms with Crippen molar-refractivity contribution in [1.29, 1.82) is 0 Å². The lowest BCUT2D eigenvalue weighted by atomic mass is 9.76. The van der Waals surface area contributed by atoms with Crippen molar-refractivity contribution in [2.45, 2.75) is 85.5 Å². The quantitative estimate of drug-likeness (QED) is 0.0881. The zero-order valence-corrected chi connectivity index (χ0v) is 31.2. The summed E-state index contributed by atoms with van der Waals surface area (Å²) in [5.41, 5.74) is 1.77. The molecule has 0 fully saturated rings. The van der Waals surface area contributed by atoms with Crippen LogP contribution in [0.2, 0.25) is 0 Å². The van der Waals surface area contributed by atoms with Crippen LogP contribution in [0.15, 0.2) is 60.2 Å². The number of ether oxygens (including phenoxy) is 1. The number of nitrogens with one attached hydrogen (secondary N) is 4. The van der Waals surface area contributed by atoms with Crippen LogP contribution in [0.4, 0.5) is 16.2 Å². The first-order valence-corrected chi connectivity index (χ1v) is 16.6. The molecule has 2 rings (SSSR count). The van der Waals surface area contributed by atoms with Gasteiger partial charge in [0, 0.05) is 29.4 Å². The molecule has 0 unspecified atom stereocenters. The lowest BCUT2D eigenvalue weighted by molar-refractivity contribution is -0.141. The molecule has 5 N–H and O–H groups in total. The molecule has 0 aliphatic carbocycles. The summed E-state index contributed by atoms with van der Waals surface area (Å²) < 4.78 is 8.42. The number of hydrogen-bond donors (Lipinski definition) is 5. The highest BCUT2D eigenvalue weighted by Crippen LogP contribution is 2.31. The molecule has 2 aromatic rings. The van der Waals surface area contributed by atoms with Crippen molar-refractivity contribution in [3.05, 3.63) is 71.3 Å². The van der Waals surface area contributed by atoms with Gasteiger partial charge in [0.25, 0.3) is 0 Å². The van der Waals surface area contributed by atoms with Crippen LogP contribution < -0.4 is 19.5 Å². The Balaban J connectivity index is 2.25. The van der Waals surface area contributed by atoms with E-state index < -0.39 is 41.0 Å². The van der Waals surface area contributed by atoms with Crippen molar-refractivity contribution in [3.8, 4) is 0 Å². The van der Waals surface area contributed by atoms with E-state index in [0.29, 0.717) is 5.69 Å². The Hall–Kier alpha value is -3.65. The monoisotopic (exact) mass is 763 g/mol. The predicted octanol–water partition coefficient (Wildman–Crippen LogP) is 6.11. The summed E-state index contributed by atoms with van der Waals surface area (Å²) in [6.45, 7) is 14.9. The molecule has 0 saturated carbocycles. The Morgan fingerprint density at radius 2 is 1.60 bits per heavy atom. The summed E-state index contributed by atoms with van der Waals surface area (Å²) in [7, 11) is 3.31. The zero-order chi connectivity index (χ0) is 35.7. The summed E-state index contributed by atoms with van der Waals surface area (Å²) in [4.78, 5) is 53.5. The number of carbonyl (C=O) groups excluding carboxylic acids is 3. The molecule has 0 heterocycles. The van der Waals surface area contributed by atoms with E-state index in [1.807, 2.05) is 102 Å². The van der Waals surface area contributed by atoms with Crippen LogP contribution in [0.25, 0.3) is 0 Å². The van der Waals surface area contributed by atoms with E-state index in [1.54, 1.807) is 38.4 Å². The topological polar surface area (TPSA) is 149 Å². The second-order valence-corrected chi connectivity index (χ2v) is 14.2. The fraction of sp³-hybridized carbons (Fsp3) is 0.486. The highest BCUT2D eigenvalue weighted by molar-refractivity contribution is 14.1. The molecule has 258 valence electrons. The van der Waals surface area contributed by atoms with Gasteiger partial charge in [0.2, 0.25) is 11.8 Å². The van der Waals surface area contributed by atoms with Gasteiger partial charge >= 0.3 is 12.1 Å². The summed E-state index contributed by atoms with van der Waals surface area (Å²) in [5.74, 6) is -1.82. The third-order valence-corrected chi connectivity index (χ3v) is 8.82. The van der Waals surface area contributed by atoms with Crippen molar-refractivity contribution in [3.63, 3.8) is 0 Å². The molecule has 0 bridgehead atoms. The van der Waals surface area contributed by atoms with Gasteiger partial charge in [-0.1, -0.05) is 78.8 Å². The lowest BCUT2D eigenvalue weighted by Gasteiger charge is -2.40. The lowest BCUT2D eigenvalue weighted by Crippen LogP contribution is -2.61. The number of hydrogen-bond acceptors (Lipinski definition) is 7. The fourth-order valence-corrected chi connectivity index (χ4v) is 5.61. The maximum atomic E-state index is 13.9. The minimum atomic E-state index is -1.05. The van der Waals surface area contributed by atoms with Crippen LogP contribution >= 0.6 is 22.9 Å². The number of carbonyl (C=O) groups is 4. The van der Waals surface area contributed by atoms with Gasteiger partial charge in [0.1, 0.15) is 12.6 Å². The van der Waals surface area contributed by atoms with Crippen LogP contribution in [0, 0.1) is 11.3 Å². The van der Waals surface area contributed by atoms with E-state index in [9.17, 15) is 24.3 Å². The minimum Gasteiger partial charge on any atom is -0.478 e. The number of carboxylic acid groups (broad SMARTS) is 1. The van der Waals surface area contributed by atoms with E-state index in [4.69, 9.17) is 4.74 Å². The fourth-order valence-electron chi connectivity index (χ4n) is 5.25. The molecule has 3 amide bonds. The first-order valence-electron chi connectivity index (χ1n) is 15.5. The highest BCUT2D eigenvalue weighted by Gasteiger charge is 2.41. The molecule has 0 aliphatic rings. The highest BCUT2D eigenvalue weighted by atomic mass is 127. The van der Waals surface area contributed by atoms with E-state index in [0.717, 1.165) is 16.8 Å². The van der Waals surface area contributed by atoms with Gasteiger partial charge in [-0.25, -0.2) is 9.59 Å². The zero-order valence-electron chi connectivity index (χ0n) is 29.0. The number of anilines is 2. The van der Waals surface area contributed by atoms with Crippen molar-refractivity contribution in [2.24, 2.45) is 11.3 Å². The number of nitrogens with zero attached hydrogens (tertiary/aromatic N) is 1. The number of amides is 3. The Labute approximate surface area is 292 Å². The van der Waals surface area contributed by atoms with Crippen LogP contribution in [-0.2, 0) is 31.1 Å². The third-order valence-electron chi connectivity index (χ3n) is 8.19. The second-order valence-electron chi connectivity index (χ2n) is 13.7. The van der Waals surface area contributed by atoms with Gasteiger partial charge in [0.15, 0.2) is 0 Å². The third kappa shape index (κ3) is 11.0. The van der Waals surface area contributed by atoms with Crippen LogP contribution in [0.5, 0.6) is 0 Å². The molecule has 47 heavy (non-hydrogen) atoms. The molecule has 12 heteroatoms. The standard InChI is InChI=1S/C35H50IN5O6/c1-21(2)27(18-22(3)32(44)45)41(10)31(43)29(34(4,5)6)39-30(42)28(37-9)35(7,8)24-12-11-13-26(19-24)38-33(46)47-20-23-14-16-25(40-36)17-15-23/h11-19,21,27-29,37,40H,20H2,1-10H3,(H,38,46)(H,39,42)(H,44,45)/b22-18+/t27-,28-,29-/m1/s1. The molecule has 0 radical (unpaired) electrons.